The maximum Gasteiger partial charge on any atom is 0.0603 e. The van der Waals surface area contributed by atoms with E-state index in [1.165, 1.54) is 64.2 Å². The molecule has 2 unspecified atom stereocenters. The lowest BCUT2D eigenvalue weighted by Gasteiger charge is -2.37. The van der Waals surface area contributed by atoms with Gasteiger partial charge in [0, 0.05) is 13.7 Å². The van der Waals surface area contributed by atoms with E-state index < -0.39 is 0 Å². The average Bonchev–Trinajstić information content (AvgIpc) is 2.48. The molecule has 1 heterocycles. The summed E-state index contributed by atoms with van der Waals surface area (Å²) in [6.07, 6.45) is 14.4. The standard InChI is InChI=1S/C17H32O2/c1-3-4-5-6-14-7-12-17(19-13-14)15-8-10-16(18-2)11-9-15/h14-17H,3-13H2,1-2H3. The number of methoxy groups -OCH3 is 1. The van der Waals surface area contributed by atoms with Crippen molar-refractivity contribution in [2.75, 3.05) is 13.7 Å². The van der Waals surface area contributed by atoms with Crippen molar-refractivity contribution in [2.24, 2.45) is 11.8 Å². The molecule has 112 valence electrons. The summed E-state index contributed by atoms with van der Waals surface area (Å²) >= 11 is 0. The van der Waals surface area contributed by atoms with Gasteiger partial charge in [0.1, 0.15) is 0 Å². The molecule has 0 aromatic heterocycles. The van der Waals surface area contributed by atoms with E-state index >= 15 is 0 Å². The molecule has 0 radical (unpaired) electrons. The first-order valence-electron chi connectivity index (χ1n) is 8.47. The van der Waals surface area contributed by atoms with Crippen LogP contribution in [0.3, 0.4) is 0 Å². The Kier molecular flexibility index (Phi) is 6.66. The summed E-state index contributed by atoms with van der Waals surface area (Å²) in [4.78, 5) is 0. The monoisotopic (exact) mass is 268 g/mol. The predicted molar refractivity (Wildman–Crippen MR) is 79.4 cm³/mol. The Bertz CT molecular complexity index is 225. The third-order valence-corrected chi connectivity index (χ3v) is 5.20. The highest BCUT2D eigenvalue weighted by Crippen LogP contribution is 2.35. The van der Waals surface area contributed by atoms with Crippen LogP contribution in [0, 0.1) is 11.8 Å². The molecule has 2 fully saturated rings. The van der Waals surface area contributed by atoms with E-state index in [-0.39, 0.29) is 0 Å². The molecule has 0 spiro atoms. The van der Waals surface area contributed by atoms with Crippen molar-refractivity contribution in [3.63, 3.8) is 0 Å². The molecular formula is C17H32O2. The molecule has 0 aromatic rings. The lowest BCUT2D eigenvalue weighted by atomic mass is 9.80. The lowest BCUT2D eigenvalue weighted by molar-refractivity contribution is -0.0672. The quantitative estimate of drug-likeness (QED) is 0.657. The second kappa shape index (κ2) is 8.26. The summed E-state index contributed by atoms with van der Waals surface area (Å²) in [7, 11) is 1.85. The minimum absolute atomic E-state index is 0.515. The minimum Gasteiger partial charge on any atom is -0.381 e. The van der Waals surface area contributed by atoms with E-state index in [1.807, 2.05) is 7.11 Å². The Morgan fingerprint density at radius 2 is 1.79 bits per heavy atom. The van der Waals surface area contributed by atoms with Gasteiger partial charge in [-0.05, 0) is 56.8 Å². The fourth-order valence-corrected chi connectivity index (χ4v) is 3.80. The molecule has 0 amide bonds. The highest BCUT2D eigenvalue weighted by molar-refractivity contribution is 4.81. The van der Waals surface area contributed by atoms with Crippen LogP contribution in [-0.4, -0.2) is 25.9 Å². The molecule has 1 saturated carbocycles. The highest BCUT2D eigenvalue weighted by atomic mass is 16.5. The summed E-state index contributed by atoms with van der Waals surface area (Å²) in [5.41, 5.74) is 0. The molecule has 2 rings (SSSR count). The molecule has 0 aromatic carbocycles. The van der Waals surface area contributed by atoms with Gasteiger partial charge in [0.25, 0.3) is 0 Å². The van der Waals surface area contributed by atoms with E-state index in [0.29, 0.717) is 12.2 Å². The van der Waals surface area contributed by atoms with E-state index in [9.17, 15) is 0 Å². The molecule has 2 atom stereocenters. The first kappa shape index (κ1) is 15.3. The molecule has 1 aliphatic carbocycles. The second-order valence-electron chi connectivity index (χ2n) is 6.58. The summed E-state index contributed by atoms with van der Waals surface area (Å²) in [6.45, 7) is 3.31. The summed E-state index contributed by atoms with van der Waals surface area (Å²) < 4.78 is 11.6. The van der Waals surface area contributed by atoms with Gasteiger partial charge in [0.2, 0.25) is 0 Å². The number of unbranched alkanes of at least 4 members (excludes halogenated alkanes) is 2. The second-order valence-corrected chi connectivity index (χ2v) is 6.58. The third kappa shape index (κ3) is 4.75. The maximum atomic E-state index is 6.19. The molecule has 2 aliphatic rings. The van der Waals surface area contributed by atoms with Crippen molar-refractivity contribution >= 4 is 0 Å². The summed E-state index contributed by atoms with van der Waals surface area (Å²) in [6, 6.07) is 0. The van der Waals surface area contributed by atoms with Crippen LogP contribution in [0.4, 0.5) is 0 Å². The Hall–Kier alpha value is -0.0800. The van der Waals surface area contributed by atoms with Crippen LogP contribution in [0.5, 0.6) is 0 Å². The van der Waals surface area contributed by atoms with Gasteiger partial charge in [-0.1, -0.05) is 26.2 Å². The van der Waals surface area contributed by atoms with Gasteiger partial charge in [0.05, 0.1) is 12.2 Å². The van der Waals surface area contributed by atoms with Crippen molar-refractivity contribution in [1.82, 2.24) is 0 Å². The van der Waals surface area contributed by atoms with Crippen LogP contribution in [0.25, 0.3) is 0 Å². The first-order valence-corrected chi connectivity index (χ1v) is 8.47. The molecule has 2 heteroatoms. The van der Waals surface area contributed by atoms with Crippen molar-refractivity contribution in [1.29, 1.82) is 0 Å². The smallest absolute Gasteiger partial charge is 0.0603 e. The van der Waals surface area contributed by atoms with Crippen molar-refractivity contribution in [3.05, 3.63) is 0 Å². The van der Waals surface area contributed by atoms with Gasteiger partial charge >= 0.3 is 0 Å². The SMILES string of the molecule is CCCCCC1CCC(C2CCC(OC)CC2)OC1. The lowest BCUT2D eigenvalue weighted by Crippen LogP contribution is -2.35. The van der Waals surface area contributed by atoms with E-state index in [2.05, 4.69) is 6.92 Å². The van der Waals surface area contributed by atoms with Gasteiger partial charge in [0.15, 0.2) is 0 Å². The van der Waals surface area contributed by atoms with Gasteiger partial charge in [-0.3, -0.25) is 0 Å². The van der Waals surface area contributed by atoms with Crippen molar-refractivity contribution in [3.8, 4) is 0 Å². The fraction of sp³-hybridized carbons (Fsp3) is 1.00. The van der Waals surface area contributed by atoms with E-state index in [4.69, 9.17) is 9.47 Å². The molecule has 19 heavy (non-hydrogen) atoms. The summed E-state index contributed by atoms with van der Waals surface area (Å²) in [5.74, 6) is 1.65. The number of ether oxygens (including phenoxy) is 2. The Morgan fingerprint density at radius 3 is 2.37 bits per heavy atom. The van der Waals surface area contributed by atoms with Crippen LogP contribution in [0.2, 0.25) is 0 Å². The maximum absolute atomic E-state index is 6.19. The predicted octanol–water partition coefficient (Wildman–Crippen LogP) is 4.57. The Balaban J connectivity index is 1.63. The Labute approximate surface area is 119 Å². The van der Waals surface area contributed by atoms with E-state index in [1.54, 1.807) is 0 Å². The average molecular weight is 268 g/mol. The Morgan fingerprint density at radius 1 is 1.00 bits per heavy atom. The molecule has 0 N–H and O–H groups in total. The zero-order valence-corrected chi connectivity index (χ0v) is 12.9. The van der Waals surface area contributed by atoms with Gasteiger partial charge in [-0.2, -0.15) is 0 Å². The van der Waals surface area contributed by atoms with E-state index in [0.717, 1.165) is 18.4 Å². The molecular weight excluding hydrogens is 236 g/mol. The first-order chi connectivity index (χ1) is 9.33. The third-order valence-electron chi connectivity index (χ3n) is 5.20. The highest BCUT2D eigenvalue weighted by Gasteiger charge is 2.31. The minimum atomic E-state index is 0.515. The van der Waals surface area contributed by atoms with Crippen LogP contribution in [0.15, 0.2) is 0 Å². The largest absolute Gasteiger partial charge is 0.381 e. The number of rotatable bonds is 6. The van der Waals surface area contributed by atoms with Crippen LogP contribution < -0.4 is 0 Å². The van der Waals surface area contributed by atoms with Gasteiger partial charge in [-0.15, -0.1) is 0 Å². The van der Waals surface area contributed by atoms with Crippen molar-refractivity contribution < 1.29 is 9.47 Å². The van der Waals surface area contributed by atoms with Gasteiger partial charge in [-0.25, -0.2) is 0 Å². The number of hydrogen-bond acceptors (Lipinski definition) is 2. The zero-order valence-electron chi connectivity index (χ0n) is 12.9. The van der Waals surface area contributed by atoms with Crippen LogP contribution >= 0.6 is 0 Å². The van der Waals surface area contributed by atoms with Crippen LogP contribution in [0.1, 0.15) is 71.1 Å². The molecule has 1 saturated heterocycles. The number of hydrogen-bond donors (Lipinski definition) is 0. The summed E-state index contributed by atoms with van der Waals surface area (Å²) in [5, 5.41) is 0. The molecule has 2 nitrogen and oxygen atoms in total. The molecule has 1 aliphatic heterocycles. The topological polar surface area (TPSA) is 18.5 Å². The molecule has 0 bridgehead atoms. The van der Waals surface area contributed by atoms with Crippen LogP contribution in [-0.2, 0) is 9.47 Å². The van der Waals surface area contributed by atoms with Crippen molar-refractivity contribution in [2.45, 2.75) is 83.3 Å². The zero-order chi connectivity index (χ0) is 13.5. The van der Waals surface area contributed by atoms with Gasteiger partial charge < -0.3 is 9.47 Å². The fourth-order valence-electron chi connectivity index (χ4n) is 3.80. The normalized spacial score (nSPS) is 36.3.